The van der Waals surface area contributed by atoms with Gasteiger partial charge >= 0.3 is 0 Å². The Labute approximate surface area is 128 Å². The van der Waals surface area contributed by atoms with Gasteiger partial charge in [0.1, 0.15) is 5.78 Å². The van der Waals surface area contributed by atoms with Crippen molar-refractivity contribution in [2.75, 3.05) is 0 Å². The van der Waals surface area contributed by atoms with Gasteiger partial charge in [0.2, 0.25) is 0 Å². The highest BCUT2D eigenvalue weighted by molar-refractivity contribution is 5.79. The first-order chi connectivity index (χ1) is 9.95. The largest absolute Gasteiger partial charge is 0.393 e. The molecule has 118 valence electrons. The molecule has 0 aromatic heterocycles. The zero-order valence-electron chi connectivity index (χ0n) is 13.6. The number of carbonyl (C=O) groups is 1. The molecule has 0 amide bonds. The van der Waals surface area contributed by atoms with Crippen LogP contribution < -0.4 is 0 Å². The molecule has 4 aliphatic rings. The minimum absolute atomic E-state index is 0.0677. The maximum Gasteiger partial charge on any atom is 0.133 e. The van der Waals surface area contributed by atoms with Gasteiger partial charge in [0.15, 0.2) is 0 Å². The fourth-order valence-electron chi connectivity index (χ4n) is 7.02. The van der Waals surface area contributed by atoms with Crippen LogP contribution in [0.25, 0.3) is 0 Å². The van der Waals surface area contributed by atoms with Gasteiger partial charge in [0.05, 0.1) is 6.10 Å². The first-order valence-electron chi connectivity index (χ1n) is 9.15. The number of Topliss-reactive ketones (excluding diaryl/α,β-unsaturated/α-hetero) is 1. The van der Waals surface area contributed by atoms with Crippen LogP contribution in [0.15, 0.2) is 0 Å². The van der Waals surface area contributed by atoms with Crippen LogP contribution in [0.3, 0.4) is 0 Å². The van der Waals surface area contributed by atoms with Gasteiger partial charge in [-0.3, -0.25) is 4.79 Å². The summed E-state index contributed by atoms with van der Waals surface area (Å²) < 4.78 is 0. The quantitative estimate of drug-likeness (QED) is 0.733. The van der Waals surface area contributed by atoms with Gasteiger partial charge < -0.3 is 5.11 Å². The van der Waals surface area contributed by atoms with Gasteiger partial charge in [-0.2, -0.15) is 0 Å². The van der Waals surface area contributed by atoms with Crippen LogP contribution in [0.4, 0.5) is 0 Å². The summed E-state index contributed by atoms with van der Waals surface area (Å²) in [6.45, 7) is 4.85. The lowest BCUT2D eigenvalue weighted by molar-refractivity contribution is -0.141. The third-order valence-electron chi connectivity index (χ3n) is 8.43. The molecule has 0 heterocycles. The highest BCUT2D eigenvalue weighted by Crippen LogP contribution is 2.65. The van der Waals surface area contributed by atoms with Crippen LogP contribution in [-0.2, 0) is 4.79 Å². The zero-order valence-corrected chi connectivity index (χ0v) is 13.6. The number of ketones is 1. The monoisotopic (exact) mass is 290 g/mol. The minimum Gasteiger partial charge on any atom is -0.393 e. The molecule has 4 saturated carbocycles. The number of hydrogen-bond acceptors (Lipinski definition) is 2. The lowest BCUT2D eigenvalue weighted by atomic mass is 9.45. The summed E-state index contributed by atoms with van der Waals surface area (Å²) in [5.41, 5.74) is 0.598. The fourth-order valence-corrected chi connectivity index (χ4v) is 7.02. The molecule has 0 saturated heterocycles. The third-order valence-corrected chi connectivity index (χ3v) is 8.43. The van der Waals surface area contributed by atoms with Gasteiger partial charge in [-0.05, 0) is 79.4 Å². The van der Waals surface area contributed by atoms with E-state index in [1.165, 1.54) is 32.1 Å². The second-order valence-electron chi connectivity index (χ2n) is 9.04. The van der Waals surface area contributed by atoms with E-state index in [0.29, 0.717) is 17.1 Å². The number of carbonyl (C=O) groups excluding carboxylic acids is 1. The SMILES string of the molecule is C[C@@]12CC[C@H]3[C@@H](CC[C@@H]4CC(=O)CC[C@]43C)[C@H]1CC[C@H]2O. The topological polar surface area (TPSA) is 37.3 Å². The maximum absolute atomic E-state index is 11.9. The summed E-state index contributed by atoms with van der Waals surface area (Å²) in [7, 11) is 0. The van der Waals surface area contributed by atoms with Crippen LogP contribution in [0, 0.1) is 34.5 Å². The van der Waals surface area contributed by atoms with Crippen LogP contribution in [-0.4, -0.2) is 17.0 Å². The predicted octanol–water partition coefficient (Wildman–Crippen LogP) is 3.96. The summed E-state index contributed by atoms with van der Waals surface area (Å²) in [4.78, 5) is 11.9. The molecule has 0 spiro atoms. The van der Waals surface area contributed by atoms with Gasteiger partial charge in [-0.1, -0.05) is 13.8 Å². The summed E-state index contributed by atoms with van der Waals surface area (Å²) in [5.74, 6) is 3.52. The normalized spacial score (nSPS) is 56.5. The van der Waals surface area contributed by atoms with Gasteiger partial charge in [0, 0.05) is 12.8 Å². The standard InChI is InChI=1S/C19H30O2/c1-18-9-7-13(20)11-12(18)3-4-14-15-5-6-17(21)19(15,2)10-8-16(14)18/h12,14-17,21H,3-11H2,1-2H3/t12-,14+,15-,16+,17-,18-,19-/m1/s1. The molecule has 7 atom stereocenters. The van der Waals surface area contributed by atoms with Crippen molar-refractivity contribution in [2.45, 2.75) is 77.7 Å². The van der Waals surface area contributed by atoms with Crippen molar-refractivity contribution in [1.82, 2.24) is 0 Å². The Kier molecular flexibility index (Phi) is 3.10. The van der Waals surface area contributed by atoms with E-state index < -0.39 is 0 Å². The summed E-state index contributed by atoms with van der Waals surface area (Å²) >= 11 is 0. The Morgan fingerprint density at radius 3 is 2.52 bits per heavy atom. The molecular formula is C19H30O2. The third kappa shape index (κ3) is 1.84. The molecule has 1 N–H and O–H groups in total. The van der Waals surface area contributed by atoms with E-state index in [1.807, 2.05) is 0 Å². The Morgan fingerprint density at radius 1 is 0.952 bits per heavy atom. The molecule has 0 aromatic rings. The molecule has 21 heavy (non-hydrogen) atoms. The van der Waals surface area contributed by atoms with Crippen molar-refractivity contribution in [2.24, 2.45) is 34.5 Å². The molecule has 2 heteroatoms. The predicted molar refractivity (Wildman–Crippen MR) is 82.7 cm³/mol. The summed E-state index contributed by atoms with van der Waals surface area (Å²) in [6, 6.07) is 0. The molecule has 0 bridgehead atoms. The number of fused-ring (bicyclic) bond motifs is 5. The van der Waals surface area contributed by atoms with Crippen molar-refractivity contribution in [3.05, 3.63) is 0 Å². The first kappa shape index (κ1) is 14.2. The molecule has 0 radical (unpaired) electrons. The average molecular weight is 290 g/mol. The highest BCUT2D eigenvalue weighted by Gasteiger charge is 2.59. The Hall–Kier alpha value is -0.370. The Bertz CT molecular complexity index is 458. The average Bonchev–Trinajstić information content (AvgIpc) is 2.76. The first-order valence-corrected chi connectivity index (χ1v) is 9.15. The van der Waals surface area contributed by atoms with E-state index in [1.54, 1.807) is 0 Å². The van der Waals surface area contributed by atoms with E-state index in [0.717, 1.165) is 43.4 Å². The number of aliphatic hydroxyl groups excluding tert-OH is 1. The number of hydrogen-bond donors (Lipinski definition) is 1. The van der Waals surface area contributed by atoms with E-state index in [-0.39, 0.29) is 11.5 Å². The molecule has 4 aliphatic carbocycles. The van der Waals surface area contributed by atoms with Crippen molar-refractivity contribution in [3.8, 4) is 0 Å². The van der Waals surface area contributed by atoms with E-state index in [4.69, 9.17) is 0 Å². The van der Waals surface area contributed by atoms with Gasteiger partial charge in [-0.15, -0.1) is 0 Å². The molecule has 0 aliphatic heterocycles. The zero-order chi connectivity index (χ0) is 14.8. The minimum atomic E-state index is -0.0677. The van der Waals surface area contributed by atoms with Crippen molar-refractivity contribution >= 4 is 5.78 Å². The lowest BCUT2D eigenvalue weighted by Crippen LogP contribution is -2.54. The van der Waals surface area contributed by atoms with Crippen LogP contribution in [0.5, 0.6) is 0 Å². The fraction of sp³-hybridized carbons (Fsp3) is 0.947. The second kappa shape index (κ2) is 4.57. The smallest absolute Gasteiger partial charge is 0.133 e. The van der Waals surface area contributed by atoms with Crippen LogP contribution >= 0.6 is 0 Å². The van der Waals surface area contributed by atoms with Crippen molar-refractivity contribution in [1.29, 1.82) is 0 Å². The molecule has 4 fully saturated rings. The molecule has 4 rings (SSSR count). The Morgan fingerprint density at radius 2 is 1.71 bits per heavy atom. The van der Waals surface area contributed by atoms with Crippen LogP contribution in [0.2, 0.25) is 0 Å². The maximum atomic E-state index is 11.9. The highest BCUT2D eigenvalue weighted by atomic mass is 16.3. The number of aliphatic hydroxyl groups is 1. The van der Waals surface area contributed by atoms with Crippen molar-refractivity contribution < 1.29 is 9.90 Å². The van der Waals surface area contributed by atoms with E-state index in [2.05, 4.69) is 13.8 Å². The lowest BCUT2D eigenvalue weighted by Gasteiger charge is -2.60. The second-order valence-corrected chi connectivity index (χ2v) is 9.04. The molecular weight excluding hydrogens is 260 g/mol. The van der Waals surface area contributed by atoms with Gasteiger partial charge in [-0.25, -0.2) is 0 Å². The molecule has 0 unspecified atom stereocenters. The summed E-state index contributed by atoms with van der Waals surface area (Å²) in [6.07, 6.45) is 10.0. The van der Waals surface area contributed by atoms with E-state index in [9.17, 15) is 9.90 Å². The number of rotatable bonds is 0. The molecule has 2 nitrogen and oxygen atoms in total. The van der Waals surface area contributed by atoms with Crippen LogP contribution in [0.1, 0.15) is 71.6 Å². The van der Waals surface area contributed by atoms with Crippen molar-refractivity contribution in [3.63, 3.8) is 0 Å². The summed E-state index contributed by atoms with van der Waals surface area (Å²) in [5, 5.41) is 10.5. The van der Waals surface area contributed by atoms with E-state index >= 15 is 0 Å². The van der Waals surface area contributed by atoms with Gasteiger partial charge in [0.25, 0.3) is 0 Å². The Balaban J connectivity index is 1.64. The molecule has 0 aromatic carbocycles.